The molecule has 28 heavy (non-hydrogen) atoms. The second kappa shape index (κ2) is 8.45. The largest absolute Gasteiger partial charge is 0.270 e. The third-order valence-electron chi connectivity index (χ3n) is 3.88. The van der Waals surface area contributed by atoms with Crippen molar-refractivity contribution in [3.8, 4) is 0 Å². The summed E-state index contributed by atoms with van der Waals surface area (Å²) in [5, 5.41) is 11.3. The highest BCUT2D eigenvalue weighted by atomic mass is 15.9. The van der Waals surface area contributed by atoms with Gasteiger partial charge in [0.15, 0.2) is 0 Å². The zero-order valence-corrected chi connectivity index (χ0v) is 15.0. The maximum absolute atomic E-state index is 4.13. The molecule has 0 bridgehead atoms. The number of anilines is 2. The quantitative estimate of drug-likeness (QED) is 0.584. The molecule has 8 nitrogen and oxygen atoms in total. The van der Waals surface area contributed by atoms with E-state index in [0.29, 0.717) is 0 Å². The number of hydrogen-bond acceptors (Lipinski definition) is 8. The Morgan fingerprint density at radius 2 is 1.07 bits per heavy atom. The predicted molar refractivity (Wildman–Crippen MR) is 114 cm³/mol. The molecule has 0 atom stereocenters. The van der Waals surface area contributed by atoms with Crippen molar-refractivity contribution in [2.75, 3.05) is 10.9 Å². The minimum absolute atomic E-state index is 0.941. The van der Waals surface area contributed by atoms with Gasteiger partial charge in [-0.25, -0.2) is 0 Å². The van der Waals surface area contributed by atoms with Crippen LogP contribution < -0.4 is 21.7 Å². The minimum Gasteiger partial charge on any atom is -0.270 e. The smallest absolute Gasteiger partial charge is 0.0578 e. The number of hydrazine groups is 4. The monoisotopic (exact) mass is 372 g/mol. The van der Waals surface area contributed by atoms with Gasteiger partial charge in [-0.2, -0.15) is 0 Å². The molecule has 0 spiro atoms. The Morgan fingerprint density at radius 3 is 1.43 bits per heavy atom. The summed E-state index contributed by atoms with van der Waals surface area (Å²) in [5.74, 6) is 0. The molecule has 0 aliphatic carbocycles. The van der Waals surface area contributed by atoms with Crippen LogP contribution in [0.5, 0.6) is 0 Å². The highest BCUT2D eigenvalue weighted by molar-refractivity contribution is 5.72. The molecular formula is C20H20N8. The standard InChI is InChI=1S/C20H20N8/c1-13-21-27(22-14-1)25-19-9-5-17(6-10-19)3-4-18-7-11-20(12-8-18)26-28-23-15-2-16-24-28/h1-16,21,23,25-26H/b4-3+. The summed E-state index contributed by atoms with van der Waals surface area (Å²) in [4.78, 5) is 0. The summed E-state index contributed by atoms with van der Waals surface area (Å²) < 4.78 is 0. The molecule has 0 saturated heterocycles. The van der Waals surface area contributed by atoms with Gasteiger partial charge in [0.25, 0.3) is 0 Å². The normalized spacial score (nSPS) is 14.9. The van der Waals surface area contributed by atoms with E-state index in [-0.39, 0.29) is 0 Å². The van der Waals surface area contributed by atoms with Crippen molar-refractivity contribution in [3.63, 3.8) is 0 Å². The molecule has 2 aromatic rings. The molecule has 0 amide bonds. The molecule has 2 heterocycles. The van der Waals surface area contributed by atoms with Crippen LogP contribution in [0, 0.1) is 0 Å². The maximum atomic E-state index is 4.13. The molecule has 8 heteroatoms. The van der Waals surface area contributed by atoms with Crippen molar-refractivity contribution in [1.29, 1.82) is 0 Å². The fourth-order valence-electron chi connectivity index (χ4n) is 2.49. The van der Waals surface area contributed by atoms with Gasteiger partial charge in [-0.15, -0.1) is 20.7 Å². The molecule has 0 saturated carbocycles. The van der Waals surface area contributed by atoms with Crippen LogP contribution >= 0.6 is 0 Å². The molecule has 0 unspecified atom stereocenters. The van der Waals surface area contributed by atoms with Gasteiger partial charge >= 0.3 is 0 Å². The second-order valence-electron chi connectivity index (χ2n) is 5.93. The molecule has 4 rings (SSSR count). The molecule has 2 aliphatic heterocycles. The minimum atomic E-state index is 0.941. The second-order valence-corrected chi connectivity index (χ2v) is 5.93. The molecule has 4 N–H and O–H groups in total. The van der Waals surface area contributed by atoms with Gasteiger partial charge in [0, 0.05) is 12.4 Å². The van der Waals surface area contributed by atoms with E-state index >= 15 is 0 Å². The zero-order chi connectivity index (χ0) is 19.0. The van der Waals surface area contributed by atoms with Gasteiger partial charge in [0.05, 0.1) is 23.8 Å². The van der Waals surface area contributed by atoms with E-state index in [4.69, 9.17) is 0 Å². The lowest BCUT2D eigenvalue weighted by Crippen LogP contribution is -2.36. The zero-order valence-electron chi connectivity index (χ0n) is 15.0. The van der Waals surface area contributed by atoms with Crippen molar-refractivity contribution >= 4 is 36.0 Å². The molecule has 2 aromatic carbocycles. The Hall–Kier alpha value is -4.20. The van der Waals surface area contributed by atoms with Crippen LogP contribution in [-0.2, 0) is 0 Å². The Morgan fingerprint density at radius 1 is 0.643 bits per heavy atom. The first-order valence-electron chi connectivity index (χ1n) is 8.77. The van der Waals surface area contributed by atoms with Crippen LogP contribution in [0.1, 0.15) is 11.1 Å². The number of benzene rings is 2. The predicted octanol–water partition coefficient (Wildman–Crippen LogP) is 3.15. The molecule has 0 radical (unpaired) electrons. The van der Waals surface area contributed by atoms with E-state index in [1.54, 1.807) is 35.3 Å². The van der Waals surface area contributed by atoms with Crippen LogP contribution in [-0.4, -0.2) is 22.9 Å². The lowest BCUT2D eigenvalue weighted by Gasteiger charge is -2.21. The highest BCUT2D eigenvalue weighted by Gasteiger charge is 2.01. The summed E-state index contributed by atoms with van der Waals surface area (Å²) in [6.45, 7) is 0. The fraction of sp³-hybridized carbons (Fsp3) is 0. The number of allylic oxidation sites excluding steroid dienone is 2. The fourth-order valence-corrected chi connectivity index (χ4v) is 2.49. The SMILES string of the molecule is C1=CNN(Nc2ccc(/C=C/c3ccc(NN4N=CC=CN4)cc3)cc2)N=C1. The van der Waals surface area contributed by atoms with Crippen molar-refractivity contribution in [3.05, 3.63) is 84.2 Å². The van der Waals surface area contributed by atoms with E-state index < -0.39 is 0 Å². The van der Waals surface area contributed by atoms with Crippen LogP contribution in [0.2, 0.25) is 0 Å². The first-order chi connectivity index (χ1) is 13.8. The number of hydrazone groups is 2. The number of nitrogens with one attached hydrogen (secondary N) is 4. The number of rotatable bonds is 6. The van der Waals surface area contributed by atoms with E-state index in [9.17, 15) is 0 Å². The molecule has 140 valence electrons. The summed E-state index contributed by atoms with van der Waals surface area (Å²) in [6.07, 6.45) is 14.8. The first kappa shape index (κ1) is 17.2. The van der Waals surface area contributed by atoms with Crippen LogP contribution in [0.25, 0.3) is 12.2 Å². The first-order valence-corrected chi connectivity index (χ1v) is 8.77. The van der Waals surface area contributed by atoms with Gasteiger partial charge in [-0.1, -0.05) is 36.4 Å². The molecular weight excluding hydrogens is 352 g/mol. The molecule has 2 aliphatic rings. The number of nitrogens with zero attached hydrogens (tertiary/aromatic N) is 4. The third kappa shape index (κ3) is 4.70. The molecule has 0 fully saturated rings. The average Bonchev–Trinajstić information content (AvgIpc) is 2.76. The van der Waals surface area contributed by atoms with Gasteiger partial charge in [-0.05, 0) is 47.5 Å². The lowest BCUT2D eigenvalue weighted by atomic mass is 10.1. The van der Waals surface area contributed by atoms with Gasteiger partial charge in [0.1, 0.15) is 0 Å². The Bertz CT molecular complexity index is 848. The Balaban J connectivity index is 1.32. The van der Waals surface area contributed by atoms with Crippen LogP contribution in [0.4, 0.5) is 11.4 Å². The van der Waals surface area contributed by atoms with E-state index in [1.807, 2.05) is 60.7 Å². The van der Waals surface area contributed by atoms with Crippen molar-refractivity contribution < 1.29 is 0 Å². The van der Waals surface area contributed by atoms with Crippen LogP contribution in [0.15, 0.2) is 83.3 Å². The summed E-state index contributed by atoms with van der Waals surface area (Å²) in [7, 11) is 0. The third-order valence-corrected chi connectivity index (χ3v) is 3.88. The summed E-state index contributed by atoms with van der Waals surface area (Å²) in [6, 6.07) is 16.2. The number of hydrogen-bond donors (Lipinski definition) is 4. The van der Waals surface area contributed by atoms with Crippen molar-refractivity contribution in [1.82, 2.24) is 21.3 Å². The summed E-state index contributed by atoms with van der Waals surface area (Å²) >= 11 is 0. The van der Waals surface area contributed by atoms with Crippen molar-refractivity contribution in [2.24, 2.45) is 10.2 Å². The van der Waals surface area contributed by atoms with Crippen LogP contribution in [0.3, 0.4) is 0 Å². The van der Waals surface area contributed by atoms with E-state index in [1.165, 1.54) is 0 Å². The Kier molecular flexibility index (Phi) is 5.20. The lowest BCUT2D eigenvalue weighted by molar-refractivity contribution is 0.285. The van der Waals surface area contributed by atoms with Gasteiger partial charge in [-0.3, -0.25) is 21.7 Å². The van der Waals surface area contributed by atoms with E-state index in [2.05, 4.69) is 44.1 Å². The maximum Gasteiger partial charge on any atom is 0.0578 e. The van der Waals surface area contributed by atoms with E-state index in [0.717, 1.165) is 22.5 Å². The average molecular weight is 372 g/mol. The highest BCUT2D eigenvalue weighted by Crippen LogP contribution is 2.15. The Labute approximate surface area is 163 Å². The topological polar surface area (TPSA) is 79.3 Å². The van der Waals surface area contributed by atoms with Gasteiger partial charge < -0.3 is 0 Å². The summed E-state index contributed by atoms with van der Waals surface area (Å²) in [5.41, 5.74) is 16.3. The molecule has 0 aromatic heterocycles. The van der Waals surface area contributed by atoms with Crippen molar-refractivity contribution in [2.45, 2.75) is 0 Å². The van der Waals surface area contributed by atoms with Gasteiger partial charge in [0.2, 0.25) is 0 Å².